The third-order valence-electron chi connectivity index (χ3n) is 3.35. The number of rotatable bonds is 4. The topological polar surface area (TPSA) is 67.4 Å². The molecule has 0 saturated carbocycles. The molecule has 1 aliphatic rings. The second-order valence-electron chi connectivity index (χ2n) is 4.77. The van der Waals surface area contributed by atoms with Gasteiger partial charge in [0.05, 0.1) is 19.5 Å². The number of piperidine rings is 1. The molecule has 104 valence electrons. The first-order chi connectivity index (χ1) is 9.24. The highest BCUT2D eigenvalue weighted by atomic mass is 16.5. The molecule has 1 saturated heterocycles. The number of aromatic nitrogens is 2. The van der Waals surface area contributed by atoms with Crippen molar-refractivity contribution in [2.24, 2.45) is 5.92 Å². The number of ether oxygens (including phenoxy) is 1. The number of anilines is 1. The van der Waals surface area contributed by atoms with Gasteiger partial charge < -0.3 is 15.0 Å². The number of hydrogen-bond acceptors (Lipinski definition) is 6. The van der Waals surface area contributed by atoms with Crippen LogP contribution in [0.3, 0.4) is 0 Å². The van der Waals surface area contributed by atoms with Crippen LogP contribution in [0.1, 0.15) is 23.3 Å². The van der Waals surface area contributed by atoms with Gasteiger partial charge in [-0.1, -0.05) is 0 Å². The number of carbonyl (C=O) groups excluding carboxylic acids is 1. The third kappa shape index (κ3) is 3.41. The van der Waals surface area contributed by atoms with Crippen LogP contribution in [0.25, 0.3) is 0 Å². The molecule has 1 unspecified atom stereocenters. The van der Waals surface area contributed by atoms with Gasteiger partial charge in [0.1, 0.15) is 5.82 Å². The van der Waals surface area contributed by atoms with Crippen molar-refractivity contribution >= 4 is 11.8 Å². The Morgan fingerprint density at radius 1 is 1.58 bits per heavy atom. The molecular weight excluding hydrogens is 244 g/mol. The fourth-order valence-corrected chi connectivity index (χ4v) is 2.44. The Morgan fingerprint density at radius 2 is 2.42 bits per heavy atom. The van der Waals surface area contributed by atoms with Crippen molar-refractivity contribution in [1.82, 2.24) is 15.3 Å². The molecule has 1 aromatic heterocycles. The minimum Gasteiger partial charge on any atom is -0.464 e. The molecule has 0 aliphatic carbocycles. The minimum atomic E-state index is -0.446. The van der Waals surface area contributed by atoms with Crippen LogP contribution in [-0.2, 0) is 4.74 Å². The van der Waals surface area contributed by atoms with Gasteiger partial charge in [-0.05, 0) is 32.4 Å². The van der Waals surface area contributed by atoms with Crippen LogP contribution in [-0.4, -0.2) is 49.7 Å². The lowest BCUT2D eigenvalue weighted by Gasteiger charge is -2.33. The highest BCUT2D eigenvalue weighted by molar-refractivity contribution is 5.87. The van der Waals surface area contributed by atoms with Crippen molar-refractivity contribution in [1.29, 1.82) is 0 Å². The monoisotopic (exact) mass is 264 g/mol. The number of methoxy groups -OCH3 is 1. The Morgan fingerprint density at radius 3 is 3.16 bits per heavy atom. The van der Waals surface area contributed by atoms with E-state index in [1.165, 1.54) is 19.7 Å². The van der Waals surface area contributed by atoms with Crippen molar-refractivity contribution in [3.05, 3.63) is 18.1 Å². The van der Waals surface area contributed by atoms with E-state index in [0.29, 0.717) is 5.92 Å². The van der Waals surface area contributed by atoms with Gasteiger partial charge in [-0.15, -0.1) is 0 Å². The molecule has 0 aromatic carbocycles. The molecule has 1 fully saturated rings. The summed E-state index contributed by atoms with van der Waals surface area (Å²) in [7, 11) is 3.32. The van der Waals surface area contributed by atoms with E-state index in [0.717, 1.165) is 31.9 Å². The molecule has 2 rings (SSSR count). The standard InChI is InChI=1S/C13H20N4O2/c1-14-6-10-4-3-5-17(9-10)12-8-15-7-11(16-12)13(18)19-2/h7-8,10,14H,3-6,9H2,1-2H3. The van der Waals surface area contributed by atoms with Crippen LogP contribution in [0.15, 0.2) is 12.4 Å². The van der Waals surface area contributed by atoms with Crippen molar-refractivity contribution < 1.29 is 9.53 Å². The maximum absolute atomic E-state index is 11.5. The largest absolute Gasteiger partial charge is 0.464 e. The lowest BCUT2D eigenvalue weighted by molar-refractivity contribution is 0.0593. The molecule has 0 spiro atoms. The van der Waals surface area contributed by atoms with E-state index in [1.54, 1.807) is 6.20 Å². The quantitative estimate of drug-likeness (QED) is 0.807. The summed E-state index contributed by atoms with van der Waals surface area (Å²) in [4.78, 5) is 22.1. The summed E-state index contributed by atoms with van der Waals surface area (Å²) in [5.41, 5.74) is 0.260. The smallest absolute Gasteiger partial charge is 0.358 e. The first-order valence-electron chi connectivity index (χ1n) is 6.54. The molecule has 1 N–H and O–H groups in total. The Hall–Kier alpha value is -1.69. The molecule has 6 heteroatoms. The molecule has 1 aromatic rings. The van der Waals surface area contributed by atoms with Crippen LogP contribution in [0.2, 0.25) is 0 Å². The third-order valence-corrected chi connectivity index (χ3v) is 3.35. The zero-order valence-corrected chi connectivity index (χ0v) is 11.4. The van der Waals surface area contributed by atoms with E-state index in [2.05, 4.69) is 24.9 Å². The van der Waals surface area contributed by atoms with Gasteiger partial charge >= 0.3 is 5.97 Å². The van der Waals surface area contributed by atoms with Gasteiger partial charge in [0.15, 0.2) is 5.69 Å². The van der Waals surface area contributed by atoms with E-state index >= 15 is 0 Å². The summed E-state index contributed by atoms with van der Waals surface area (Å²) in [6.45, 7) is 2.90. The van der Waals surface area contributed by atoms with Crippen molar-refractivity contribution in [3.63, 3.8) is 0 Å². The average Bonchev–Trinajstić information content (AvgIpc) is 2.47. The Labute approximate surface area is 113 Å². The molecule has 0 bridgehead atoms. The first-order valence-corrected chi connectivity index (χ1v) is 6.54. The van der Waals surface area contributed by atoms with Crippen LogP contribution in [0.5, 0.6) is 0 Å². The summed E-state index contributed by atoms with van der Waals surface area (Å²) in [6.07, 6.45) is 5.50. The van der Waals surface area contributed by atoms with Crippen LogP contribution < -0.4 is 10.2 Å². The molecule has 0 radical (unpaired) electrons. The zero-order valence-electron chi connectivity index (χ0n) is 11.4. The maximum Gasteiger partial charge on any atom is 0.358 e. The van der Waals surface area contributed by atoms with E-state index < -0.39 is 5.97 Å². The SMILES string of the molecule is CNCC1CCCN(c2cncc(C(=O)OC)n2)C1. The zero-order chi connectivity index (χ0) is 13.7. The summed E-state index contributed by atoms with van der Waals surface area (Å²) in [5, 5.41) is 3.21. The normalized spacial score (nSPS) is 19.3. The van der Waals surface area contributed by atoms with Gasteiger partial charge in [-0.2, -0.15) is 0 Å². The van der Waals surface area contributed by atoms with Gasteiger partial charge in [-0.3, -0.25) is 4.98 Å². The van der Waals surface area contributed by atoms with E-state index in [4.69, 9.17) is 0 Å². The Kier molecular flexibility index (Phi) is 4.68. The van der Waals surface area contributed by atoms with E-state index in [9.17, 15) is 4.79 Å². The fourth-order valence-electron chi connectivity index (χ4n) is 2.44. The summed E-state index contributed by atoms with van der Waals surface area (Å²) < 4.78 is 4.67. The van der Waals surface area contributed by atoms with Gasteiger partial charge in [-0.25, -0.2) is 9.78 Å². The van der Waals surface area contributed by atoms with E-state index in [-0.39, 0.29) is 5.69 Å². The Bertz CT molecular complexity index is 436. The fraction of sp³-hybridized carbons (Fsp3) is 0.615. The number of nitrogens with one attached hydrogen (secondary N) is 1. The lowest BCUT2D eigenvalue weighted by Crippen LogP contribution is -2.39. The molecule has 1 aliphatic heterocycles. The number of hydrogen-bond donors (Lipinski definition) is 1. The number of esters is 1. The predicted octanol–water partition coefficient (Wildman–Crippen LogP) is 0.699. The van der Waals surface area contributed by atoms with Gasteiger partial charge in [0.2, 0.25) is 0 Å². The average molecular weight is 264 g/mol. The minimum absolute atomic E-state index is 0.260. The van der Waals surface area contributed by atoms with Crippen LogP contribution >= 0.6 is 0 Å². The number of carbonyl (C=O) groups is 1. The molecule has 2 heterocycles. The summed E-state index contributed by atoms with van der Waals surface area (Å²) >= 11 is 0. The van der Waals surface area contributed by atoms with Crippen molar-refractivity contribution in [2.45, 2.75) is 12.8 Å². The van der Waals surface area contributed by atoms with Crippen molar-refractivity contribution in [3.8, 4) is 0 Å². The molecule has 1 atom stereocenters. The maximum atomic E-state index is 11.5. The molecule has 6 nitrogen and oxygen atoms in total. The second-order valence-corrected chi connectivity index (χ2v) is 4.77. The first kappa shape index (κ1) is 13.7. The second kappa shape index (κ2) is 6.47. The Balaban J connectivity index is 2.10. The predicted molar refractivity (Wildman–Crippen MR) is 72.2 cm³/mol. The molecule has 19 heavy (non-hydrogen) atoms. The van der Waals surface area contributed by atoms with Gasteiger partial charge in [0.25, 0.3) is 0 Å². The van der Waals surface area contributed by atoms with Crippen LogP contribution in [0.4, 0.5) is 5.82 Å². The molecular formula is C13H20N4O2. The van der Waals surface area contributed by atoms with Gasteiger partial charge in [0, 0.05) is 13.1 Å². The number of nitrogens with zero attached hydrogens (tertiary/aromatic N) is 3. The lowest BCUT2D eigenvalue weighted by atomic mass is 9.98. The summed E-state index contributed by atoms with van der Waals surface area (Å²) in [6, 6.07) is 0. The van der Waals surface area contributed by atoms with Crippen molar-refractivity contribution in [2.75, 3.05) is 38.7 Å². The molecule has 0 amide bonds. The van der Waals surface area contributed by atoms with E-state index in [1.807, 2.05) is 7.05 Å². The highest BCUT2D eigenvalue weighted by Crippen LogP contribution is 2.20. The summed E-state index contributed by atoms with van der Waals surface area (Å²) in [5.74, 6) is 0.921. The van der Waals surface area contributed by atoms with Crippen LogP contribution in [0, 0.1) is 5.92 Å². The highest BCUT2D eigenvalue weighted by Gasteiger charge is 2.21.